The van der Waals surface area contributed by atoms with Crippen LogP contribution in [0.15, 0.2) is 52.8 Å². The number of urea groups is 1. The van der Waals surface area contributed by atoms with Crippen molar-refractivity contribution in [2.75, 3.05) is 108 Å². The van der Waals surface area contributed by atoms with Crippen LogP contribution in [0.25, 0.3) is 10.9 Å². The molecule has 5 amide bonds. The highest BCUT2D eigenvalue weighted by molar-refractivity contribution is 8.00. The van der Waals surface area contributed by atoms with Crippen LogP contribution in [0.1, 0.15) is 51.9 Å². The minimum absolute atomic E-state index is 0.0630. The lowest BCUT2D eigenvalue weighted by Crippen LogP contribution is -2.48. The first-order valence-electron chi connectivity index (χ1n) is 24.1. The monoisotopic (exact) mass is 1030 g/mol. The number of hydrogen-bond acceptors (Lipinski definition) is 16. The number of benzene rings is 2. The average molecular weight is 1030 g/mol. The molecule has 0 saturated carbocycles. The lowest BCUT2D eigenvalue weighted by molar-refractivity contribution is -0.130. The van der Waals surface area contributed by atoms with E-state index in [-0.39, 0.29) is 74.5 Å². The second-order valence-corrected chi connectivity index (χ2v) is 20.0. The van der Waals surface area contributed by atoms with Gasteiger partial charge in [0.25, 0.3) is 0 Å². The van der Waals surface area contributed by atoms with Crippen molar-refractivity contribution >= 4 is 81.0 Å². The largest absolute Gasteiger partial charge is 0.491 e. The van der Waals surface area contributed by atoms with E-state index < -0.39 is 11.7 Å². The SMILES string of the molecule is CC1(CC[C@H](NC(=O)CCOCCOCCC(CCC[C@@H]2SC[C@@H]3NC(=O)N[C@@H]32)C(N)=O)C(=O)NCCOCCOCCOc2cc(Cl)cc(N3CCN(c4cnnc5c(Cl)cccc45)CC3)c2)N=N1. The second kappa shape index (κ2) is 26.6. The second-order valence-electron chi connectivity index (χ2n) is 17.8. The number of nitrogens with two attached hydrogens (primary N) is 1. The predicted molar refractivity (Wildman–Crippen MR) is 268 cm³/mol. The van der Waals surface area contributed by atoms with Crippen LogP contribution in [-0.4, -0.2) is 161 Å². The number of ether oxygens (including phenoxy) is 5. The van der Waals surface area contributed by atoms with E-state index in [4.69, 9.17) is 52.6 Å². The zero-order valence-corrected chi connectivity index (χ0v) is 41.9. The van der Waals surface area contributed by atoms with E-state index in [1.807, 2.05) is 49.0 Å². The summed E-state index contributed by atoms with van der Waals surface area (Å²) < 4.78 is 28.6. The Balaban J connectivity index is 0.702. The molecule has 0 radical (unpaired) electrons. The van der Waals surface area contributed by atoms with Gasteiger partial charge in [-0.2, -0.15) is 27.1 Å². The Morgan fingerprint density at radius 2 is 1.63 bits per heavy atom. The van der Waals surface area contributed by atoms with Crippen molar-refractivity contribution in [2.24, 2.45) is 21.9 Å². The normalized spacial score (nSPS) is 19.9. The van der Waals surface area contributed by atoms with Gasteiger partial charge in [0.05, 0.1) is 75.2 Å². The molecule has 23 heteroatoms. The summed E-state index contributed by atoms with van der Waals surface area (Å²) in [6, 6.07) is 10.9. The number of rotatable bonds is 31. The highest BCUT2D eigenvalue weighted by Gasteiger charge is 2.42. The molecule has 70 heavy (non-hydrogen) atoms. The van der Waals surface area contributed by atoms with Gasteiger partial charge in [-0.15, -0.1) is 5.10 Å². The number of primary amides is 1. The van der Waals surface area contributed by atoms with Crippen LogP contribution in [0, 0.1) is 5.92 Å². The highest BCUT2D eigenvalue weighted by atomic mass is 35.5. The zero-order valence-electron chi connectivity index (χ0n) is 39.6. The maximum absolute atomic E-state index is 13.1. The molecule has 4 aliphatic heterocycles. The molecule has 20 nitrogen and oxygen atoms in total. The Hall–Kier alpha value is -4.77. The average Bonchev–Trinajstić information content (AvgIpc) is 3.80. The van der Waals surface area contributed by atoms with Crippen LogP contribution in [-0.2, 0) is 33.3 Å². The predicted octanol–water partition coefficient (Wildman–Crippen LogP) is 4.49. The molecule has 7 rings (SSSR count). The van der Waals surface area contributed by atoms with E-state index in [9.17, 15) is 19.2 Å². The number of aromatic nitrogens is 2. The first kappa shape index (κ1) is 53.0. The summed E-state index contributed by atoms with van der Waals surface area (Å²) in [7, 11) is 0. The van der Waals surface area contributed by atoms with Gasteiger partial charge < -0.3 is 60.5 Å². The van der Waals surface area contributed by atoms with E-state index in [0.717, 1.165) is 61.5 Å². The number of thioether (sulfide) groups is 1. The molecule has 6 N–H and O–H groups in total. The summed E-state index contributed by atoms with van der Waals surface area (Å²) in [4.78, 5) is 54.2. The zero-order chi connectivity index (χ0) is 49.3. The minimum atomic E-state index is -0.771. The van der Waals surface area contributed by atoms with Crippen molar-refractivity contribution in [3.63, 3.8) is 0 Å². The summed E-state index contributed by atoms with van der Waals surface area (Å²) in [5, 5.41) is 30.6. The van der Waals surface area contributed by atoms with Gasteiger partial charge in [0.2, 0.25) is 17.7 Å². The van der Waals surface area contributed by atoms with E-state index in [0.29, 0.717) is 91.9 Å². The summed E-state index contributed by atoms with van der Waals surface area (Å²) >= 11 is 14.7. The van der Waals surface area contributed by atoms with Gasteiger partial charge in [-0.1, -0.05) is 41.8 Å². The number of fused-ring (bicyclic) bond motifs is 2. The van der Waals surface area contributed by atoms with Crippen molar-refractivity contribution in [1.82, 2.24) is 31.5 Å². The van der Waals surface area contributed by atoms with Gasteiger partial charge in [0.1, 0.15) is 23.9 Å². The molecule has 0 spiro atoms. The number of halogens is 2. The Labute approximate surface area is 422 Å². The Kier molecular flexibility index (Phi) is 20.2. The van der Waals surface area contributed by atoms with Crippen LogP contribution >= 0.6 is 35.0 Å². The lowest BCUT2D eigenvalue weighted by Gasteiger charge is -2.37. The molecule has 4 aliphatic rings. The van der Waals surface area contributed by atoms with E-state index >= 15 is 0 Å². The molecule has 382 valence electrons. The van der Waals surface area contributed by atoms with Crippen molar-refractivity contribution < 1.29 is 42.9 Å². The van der Waals surface area contributed by atoms with Crippen LogP contribution in [0.5, 0.6) is 5.75 Å². The van der Waals surface area contributed by atoms with Crippen molar-refractivity contribution in [3.8, 4) is 5.75 Å². The van der Waals surface area contributed by atoms with E-state index in [1.165, 1.54) is 0 Å². The third-order valence-corrected chi connectivity index (χ3v) is 14.7. The smallest absolute Gasteiger partial charge is 0.315 e. The maximum atomic E-state index is 13.1. The van der Waals surface area contributed by atoms with Crippen LogP contribution in [0.4, 0.5) is 16.2 Å². The fraction of sp³-hybridized carbons (Fsp3) is 0.617. The molecular weight excluding hydrogens is 966 g/mol. The number of amides is 5. The van der Waals surface area contributed by atoms with E-state index in [2.05, 4.69) is 51.5 Å². The fourth-order valence-corrected chi connectivity index (χ4v) is 10.7. The van der Waals surface area contributed by atoms with Gasteiger partial charge in [-0.05, 0) is 57.2 Å². The number of carbonyl (C=O) groups excluding carboxylic acids is 4. The standard InChI is InChI=1S/C47H65Cl2N11O9S/c1-47(57-58-47)11-8-37(53-41(61)10-18-66-21-20-65-17-9-31(44(50)62)4-2-7-40-43-38(30-70-40)54-46(64)55-43)45(63)51-12-19-67-22-23-68-24-25-69-34-27-32(48)26-33(28-34)59-13-15-60(16-14-59)39-29-52-56-42-35(39)5-3-6-36(42)49/h3,5-6,26-29,31,37-38,40,43H,2,4,7-25,30H2,1H3,(H2,50,62)(H,51,63)(H,53,61)(H2,54,55,64)/t31?,37-,38-,40-,43-/m0/s1. The number of carbonyl (C=O) groups is 4. The quantitative estimate of drug-likeness (QED) is 0.0441. The van der Waals surface area contributed by atoms with Crippen molar-refractivity contribution in [1.29, 1.82) is 0 Å². The highest BCUT2D eigenvalue weighted by Crippen LogP contribution is 2.35. The molecule has 3 fully saturated rings. The molecule has 5 heterocycles. The van der Waals surface area contributed by atoms with Crippen LogP contribution < -0.4 is 41.5 Å². The van der Waals surface area contributed by atoms with Gasteiger partial charge in [-0.25, -0.2) is 4.79 Å². The van der Waals surface area contributed by atoms with Crippen molar-refractivity contribution in [2.45, 2.75) is 80.9 Å². The Bertz CT molecular complexity index is 2260. The number of nitrogens with one attached hydrogen (secondary N) is 4. The molecule has 5 atom stereocenters. The number of anilines is 2. The van der Waals surface area contributed by atoms with Crippen LogP contribution in [0.3, 0.4) is 0 Å². The van der Waals surface area contributed by atoms with Gasteiger partial charge in [-0.3, -0.25) is 14.4 Å². The molecule has 3 saturated heterocycles. The Morgan fingerprint density at radius 3 is 2.40 bits per heavy atom. The molecular formula is C47H65Cl2N11O9S. The summed E-state index contributed by atoms with van der Waals surface area (Å²) in [6.45, 7) is 7.95. The third-order valence-electron chi connectivity index (χ3n) is 12.7. The molecule has 1 aromatic heterocycles. The van der Waals surface area contributed by atoms with Crippen LogP contribution in [0.2, 0.25) is 10.0 Å². The molecule has 1 unspecified atom stereocenters. The first-order valence-corrected chi connectivity index (χ1v) is 25.9. The summed E-state index contributed by atoms with van der Waals surface area (Å²) in [6.07, 6.45) is 5.65. The van der Waals surface area contributed by atoms with Crippen molar-refractivity contribution in [3.05, 3.63) is 52.6 Å². The fourth-order valence-electron chi connectivity index (χ4n) is 8.70. The number of hydrogen-bond donors (Lipinski definition) is 5. The first-order chi connectivity index (χ1) is 33.9. The third kappa shape index (κ3) is 16.1. The maximum Gasteiger partial charge on any atom is 0.315 e. The number of nitrogens with zero attached hydrogens (tertiary/aromatic N) is 6. The Morgan fingerprint density at radius 1 is 0.900 bits per heavy atom. The molecule has 0 bridgehead atoms. The van der Waals surface area contributed by atoms with Gasteiger partial charge >= 0.3 is 6.03 Å². The van der Waals surface area contributed by atoms with E-state index in [1.54, 1.807) is 12.3 Å². The summed E-state index contributed by atoms with van der Waals surface area (Å²) in [5.74, 6) is 0.277. The molecule has 0 aliphatic carbocycles. The van der Waals surface area contributed by atoms with Gasteiger partial charge in [0, 0.05) is 84.8 Å². The number of piperazine rings is 1. The topological polar surface area (TPSA) is 246 Å². The van der Waals surface area contributed by atoms with Gasteiger partial charge in [0.15, 0.2) is 5.66 Å². The minimum Gasteiger partial charge on any atom is -0.491 e. The molecule has 3 aromatic rings. The lowest BCUT2D eigenvalue weighted by atomic mass is 9.95. The molecule has 2 aromatic carbocycles. The summed E-state index contributed by atoms with van der Waals surface area (Å²) in [5.41, 5.74) is 7.84.